The first-order valence-corrected chi connectivity index (χ1v) is 14.5. The molecule has 0 saturated heterocycles. The Hall–Kier alpha value is -6.02. The number of benzene rings is 5. The predicted molar refractivity (Wildman–Crippen MR) is 173 cm³/mol. The van der Waals surface area contributed by atoms with E-state index in [4.69, 9.17) is 4.74 Å². The van der Waals surface area contributed by atoms with Crippen molar-refractivity contribution in [2.75, 3.05) is 0 Å². The fourth-order valence-corrected chi connectivity index (χ4v) is 6.60. The summed E-state index contributed by atoms with van der Waals surface area (Å²) in [6, 6.07) is 35.4. The Kier molecular flexibility index (Phi) is 5.16. The van der Waals surface area contributed by atoms with Crippen molar-refractivity contribution in [2.24, 2.45) is 0 Å². The van der Waals surface area contributed by atoms with Crippen LogP contribution in [-0.4, -0.2) is 33.9 Å². The molecule has 5 aromatic carbocycles. The van der Waals surface area contributed by atoms with E-state index in [-0.39, 0.29) is 0 Å². The molecule has 0 aliphatic rings. The summed E-state index contributed by atoms with van der Waals surface area (Å²) in [6.07, 6.45) is 3.55. The molecule has 4 heterocycles. The SMILES string of the molecule is Cc1cccc(C)c1-n1cnnc1-n1c2ccccc2c2ccc(Oc3ccc4c5ccccc5n5cnnc5c4c3)cc21. The second-order valence-corrected chi connectivity index (χ2v) is 11.1. The number of hydrogen-bond donors (Lipinski definition) is 0. The molecule has 0 spiro atoms. The average molecular weight is 572 g/mol. The first-order valence-electron chi connectivity index (χ1n) is 14.5. The third kappa shape index (κ3) is 3.51. The van der Waals surface area contributed by atoms with Crippen molar-refractivity contribution in [3.8, 4) is 23.1 Å². The first-order chi connectivity index (χ1) is 21.7. The largest absolute Gasteiger partial charge is 0.457 e. The third-order valence-corrected chi connectivity index (χ3v) is 8.52. The van der Waals surface area contributed by atoms with E-state index in [9.17, 15) is 0 Å². The van der Waals surface area contributed by atoms with Crippen LogP contribution in [0.4, 0.5) is 0 Å². The van der Waals surface area contributed by atoms with Crippen LogP contribution in [0.3, 0.4) is 0 Å². The van der Waals surface area contributed by atoms with E-state index in [1.807, 2.05) is 28.7 Å². The molecule has 0 saturated carbocycles. The van der Waals surface area contributed by atoms with E-state index >= 15 is 0 Å². The standard InChI is InChI=1S/C36H25N7O/c1-22-8-7-9-23(2)34(22)42-21-38-40-36(42)43-32-13-6-4-11-28(32)29-17-15-25(19-33(29)43)44-24-14-16-26-27-10-3-5-12-31(27)41-20-37-39-35(41)30(26)18-24/h3-21H,1-2H3. The number of aromatic nitrogens is 7. The normalized spacial score (nSPS) is 11.9. The minimum atomic E-state index is 0.720. The number of para-hydroxylation sites is 3. The Morgan fingerprint density at radius 2 is 1.20 bits per heavy atom. The van der Waals surface area contributed by atoms with Crippen LogP contribution in [0.25, 0.3) is 60.8 Å². The molecular formula is C36H25N7O. The maximum atomic E-state index is 6.54. The van der Waals surface area contributed by atoms with Crippen molar-refractivity contribution in [3.63, 3.8) is 0 Å². The molecule has 9 rings (SSSR count). The maximum Gasteiger partial charge on any atom is 0.240 e. The highest BCUT2D eigenvalue weighted by molar-refractivity contribution is 6.12. The fourth-order valence-electron chi connectivity index (χ4n) is 6.60. The smallest absolute Gasteiger partial charge is 0.240 e. The van der Waals surface area contributed by atoms with Gasteiger partial charge in [0.25, 0.3) is 0 Å². The zero-order valence-electron chi connectivity index (χ0n) is 24.0. The lowest BCUT2D eigenvalue weighted by Crippen LogP contribution is -2.07. The first kappa shape index (κ1) is 24.6. The number of fused-ring (bicyclic) bond motifs is 9. The molecule has 0 bridgehead atoms. The maximum absolute atomic E-state index is 6.54. The van der Waals surface area contributed by atoms with Crippen molar-refractivity contribution in [1.82, 2.24) is 33.9 Å². The van der Waals surface area contributed by atoms with Crippen LogP contribution in [0.15, 0.2) is 116 Å². The number of ether oxygens (including phenoxy) is 1. The van der Waals surface area contributed by atoms with Gasteiger partial charge in [-0.25, -0.2) is 0 Å². The van der Waals surface area contributed by atoms with Crippen LogP contribution >= 0.6 is 0 Å². The van der Waals surface area contributed by atoms with Gasteiger partial charge in [0.15, 0.2) is 5.65 Å². The Morgan fingerprint density at radius 1 is 0.545 bits per heavy atom. The number of aryl methyl sites for hydroxylation is 2. The number of rotatable bonds is 4. The van der Waals surface area contributed by atoms with Crippen LogP contribution in [0, 0.1) is 13.8 Å². The summed E-state index contributed by atoms with van der Waals surface area (Å²) in [5, 5.41) is 23.1. The Labute approximate surface area is 251 Å². The van der Waals surface area contributed by atoms with Gasteiger partial charge in [0.05, 0.1) is 22.2 Å². The molecule has 210 valence electrons. The zero-order chi connectivity index (χ0) is 29.4. The lowest BCUT2D eigenvalue weighted by Gasteiger charge is -2.15. The Bertz CT molecular complexity index is 2550. The molecule has 0 aliphatic heterocycles. The molecule has 44 heavy (non-hydrogen) atoms. The molecule has 0 atom stereocenters. The lowest BCUT2D eigenvalue weighted by atomic mass is 10.1. The van der Waals surface area contributed by atoms with Gasteiger partial charge in [-0.1, -0.05) is 54.6 Å². The number of nitrogens with zero attached hydrogens (tertiary/aromatic N) is 7. The van der Waals surface area contributed by atoms with E-state index in [0.29, 0.717) is 0 Å². The van der Waals surface area contributed by atoms with Crippen molar-refractivity contribution in [1.29, 1.82) is 0 Å². The van der Waals surface area contributed by atoms with E-state index in [1.165, 1.54) is 0 Å². The van der Waals surface area contributed by atoms with E-state index < -0.39 is 0 Å². The van der Waals surface area contributed by atoms with Gasteiger partial charge in [-0.3, -0.25) is 13.5 Å². The Morgan fingerprint density at radius 3 is 2.02 bits per heavy atom. The fraction of sp³-hybridized carbons (Fsp3) is 0.0556. The van der Waals surface area contributed by atoms with Crippen LogP contribution in [-0.2, 0) is 0 Å². The van der Waals surface area contributed by atoms with E-state index in [0.717, 1.165) is 83.4 Å². The quantitative estimate of drug-likeness (QED) is 0.199. The van der Waals surface area contributed by atoms with Gasteiger partial charge >= 0.3 is 0 Å². The summed E-state index contributed by atoms with van der Waals surface area (Å²) in [6.45, 7) is 4.23. The van der Waals surface area contributed by atoms with E-state index in [1.54, 1.807) is 12.7 Å². The molecule has 8 heteroatoms. The molecule has 8 nitrogen and oxygen atoms in total. The molecule has 0 unspecified atom stereocenters. The summed E-state index contributed by atoms with van der Waals surface area (Å²) in [5.41, 5.74) is 7.28. The average Bonchev–Trinajstić information content (AvgIpc) is 3.79. The Balaban J connectivity index is 1.22. The highest BCUT2D eigenvalue weighted by atomic mass is 16.5. The summed E-state index contributed by atoms with van der Waals surface area (Å²) in [7, 11) is 0. The molecule has 0 fully saturated rings. The lowest BCUT2D eigenvalue weighted by molar-refractivity contribution is 0.484. The molecule has 0 amide bonds. The van der Waals surface area contributed by atoms with Crippen molar-refractivity contribution in [3.05, 3.63) is 127 Å². The molecular weight excluding hydrogens is 546 g/mol. The topological polar surface area (TPSA) is 75.1 Å². The summed E-state index contributed by atoms with van der Waals surface area (Å²) in [5.74, 6) is 2.16. The summed E-state index contributed by atoms with van der Waals surface area (Å²) >= 11 is 0. The molecule has 0 aliphatic carbocycles. The third-order valence-electron chi connectivity index (χ3n) is 8.52. The molecule has 0 N–H and O–H groups in total. The van der Waals surface area contributed by atoms with Crippen LogP contribution in [0.1, 0.15) is 11.1 Å². The monoisotopic (exact) mass is 571 g/mol. The van der Waals surface area contributed by atoms with Crippen LogP contribution in [0.5, 0.6) is 11.5 Å². The second-order valence-electron chi connectivity index (χ2n) is 11.1. The highest BCUT2D eigenvalue weighted by Gasteiger charge is 2.19. The van der Waals surface area contributed by atoms with Gasteiger partial charge in [0.2, 0.25) is 5.95 Å². The highest BCUT2D eigenvalue weighted by Crippen LogP contribution is 2.37. The van der Waals surface area contributed by atoms with Crippen molar-refractivity contribution in [2.45, 2.75) is 13.8 Å². The van der Waals surface area contributed by atoms with Gasteiger partial charge in [0, 0.05) is 27.6 Å². The van der Waals surface area contributed by atoms with Crippen molar-refractivity contribution < 1.29 is 4.74 Å². The minimum absolute atomic E-state index is 0.720. The van der Waals surface area contributed by atoms with Crippen LogP contribution < -0.4 is 4.74 Å². The van der Waals surface area contributed by atoms with Gasteiger partial charge in [-0.15, -0.1) is 20.4 Å². The van der Waals surface area contributed by atoms with Crippen molar-refractivity contribution >= 4 is 49.1 Å². The number of pyridine rings is 1. The summed E-state index contributed by atoms with van der Waals surface area (Å²) < 4.78 is 12.8. The van der Waals surface area contributed by atoms with Gasteiger partial charge in [0.1, 0.15) is 24.2 Å². The predicted octanol–water partition coefficient (Wildman–Crippen LogP) is 8.12. The molecule has 9 aromatic rings. The second kappa shape index (κ2) is 9.24. The van der Waals surface area contributed by atoms with Gasteiger partial charge < -0.3 is 4.74 Å². The van der Waals surface area contributed by atoms with Gasteiger partial charge in [-0.2, -0.15) is 0 Å². The minimum Gasteiger partial charge on any atom is -0.457 e. The van der Waals surface area contributed by atoms with Crippen LogP contribution in [0.2, 0.25) is 0 Å². The molecule has 4 aromatic heterocycles. The van der Waals surface area contributed by atoms with Gasteiger partial charge in [-0.05, 0) is 72.8 Å². The number of hydrogen-bond acceptors (Lipinski definition) is 5. The molecule has 0 radical (unpaired) electrons. The zero-order valence-corrected chi connectivity index (χ0v) is 24.0. The summed E-state index contributed by atoms with van der Waals surface area (Å²) in [4.78, 5) is 0. The van der Waals surface area contributed by atoms with E-state index in [2.05, 4.69) is 122 Å².